The third-order valence-corrected chi connectivity index (χ3v) is 3.25. The molecule has 16 heavy (non-hydrogen) atoms. The fourth-order valence-electron chi connectivity index (χ4n) is 2.36. The molecule has 0 spiro atoms. The van der Waals surface area contributed by atoms with E-state index in [1.54, 1.807) is 0 Å². The van der Waals surface area contributed by atoms with Gasteiger partial charge in [-0.05, 0) is 31.4 Å². The number of nitrogens with zero attached hydrogens (tertiary/aromatic N) is 2. The van der Waals surface area contributed by atoms with Crippen LogP contribution in [-0.4, -0.2) is 18.1 Å². The van der Waals surface area contributed by atoms with Crippen LogP contribution in [0.1, 0.15) is 19.3 Å². The molecule has 0 saturated carbocycles. The summed E-state index contributed by atoms with van der Waals surface area (Å²) in [6, 6.07) is 12.6. The molecule has 0 N–H and O–H groups in total. The first-order chi connectivity index (χ1) is 7.93. The summed E-state index contributed by atoms with van der Waals surface area (Å²) in [6.45, 7) is 2.32. The van der Waals surface area contributed by atoms with E-state index in [4.69, 9.17) is 4.98 Å². The summed E-state index contributed by atoms with van der Waals surface area (Å²) in [5.41, 5.74) is 2.34. The summed E-state index contributed by atoms with van der Waals surface area (Å²) in [7, 11) is 0. The van der Waals surface area contributed by atoms with Gasteiger partial charge in [-0.1, -0.05) is 24.3 Å². The maximum absolute atomic E-state index is 4.70. The molecule has 0 radical (unpaired) electrons. The van der Waals surface area contributed by atoms with Crippen molar-refractivity contribution >= 4 is 5.82 Å². The predicted octanol–water partition coefficient (Wildman–Crippen LogP) is 3.18. The lowest BCUT2D eigenvalue weighted by Gasteiger charge is -2.26. The van der Waals surface area contributed by atoms with E-state index in [0.717, 1.165) is 24.6 Å². The number of aromatic nitrogens is 1. The fraction of sp³-hybridized carbons (Fsp3) is 0.357. The Balaban J connectivity index is 1.96. The second-order valence-electron chi connectivity index (χ2n) is 4.41. The molecule has 1 aliphatic carbocycles. The maximum Gasteiger partial charge on any atom is 0.129 e. The van der Waals surface area contributed by atoms with Gasteiger partial charge in [0.25, 0.3) is 0 Å². The zero-order chi connectivity index (χ0) is 10.8. The van der Waals surface area contributed by atoms with Crippen molar-refractivity contribution in [2.45, 2.75) is 19.3 Å². The summed E-state index contributed by atoms with van der Waals surface area (Å²) >= 11 is 0. The van der Waals surface area contributed by atoms with Crippen molar-refractivity contribution in [3.05, 3.63) is 36.4 Å². The zero-order valence-electron chi connectivity index (χ0n) is 9.39. The molecular weight excluding hydrogens is 196 g/mol. The van der Waals surface area contributed by atoms with Crippen molar-refractivity contribution in [1.82, 2.24) is 4.98 Å². The molecule has 0 aromatic heterocycles. The van der Waals surface area contributed by atoms with Crippen molar-refractivity contribution in [3.63, 3.8) is 0 Å². The fourth-order valence-corrected chi connectivity index (χ4v) is 2.36. The number of hydrogen-bond acceptors (Lipinski definition) is 2. The summed E-state index contributed by atoms with van der Waals surface area (Å²) in [5.74, 6) is 1.15. The molecule has 0 bridgehead atoms. The van der Waals surface area contributed by atoms with Gasteiger partial charge in [0.15, 0.2) is 0 Å². The van der Waals surface area contributed by atoms with Gasteiger partial charge in [0.1, 0.15) is 5.82 Å². The number of piperidine rings is 1. The van der Waals surface area contributed by atoms with Crippen LogP contribution in [0.2, 0.25) is 0 Å². The summed E-state index contributed by atoms with van der Waals surface area (Å²) in [4.78, 5) is 7.11. The first-order valence-electron chi connectivity index (χ1n) is 6.04. The average Bonchev–Trinajstić information content (AvgIpc) is 2.62. The van der Waals surface area contributed by atoms with E-state index >= 15 is 0 Å². The molecule has 3 rings (SSSR count). The van der Waals surface area contributed by atoms with Crippen LogP contribution in [0.15, 0.2) is 36.4 Å². The van der Waals surface area contributed by atoms with E-state index in [2.05, 4.69) is 35.2 Å². The van der Waals surface area contributed by atoms with Gasteiger partial charge in [-0.3, -0.25) is 0 Å². The van der Waals surface area contributed by atoms with Gasteiger partial charge in [-0.25, -0.2) is 4.98 Å². The predicted molar refractivity (Wildman–Crippen MR) is 66.9 cm³/mol. The van der Waals surface area contributed by atoms with Gasteiger partial charge >= 0.3 is 0 Å². The first-order valence-corrected chi connectivity index (χ1v) is 6.04. The highest BCUT2D eigenvalue weighted by Crippen LogP contribution is 2.27. The average molecular weight is 212 g/mol. The Morgan fingerprint density at radius 3 is 2.62 bits per heavy atom. The van der Waals surface area contributed by atoms with Crippen LogP contribution in [0.4, 0.5) is 5.82 Å². The molecule has 0 amide bonds. The first kappa shape index (κ1) is 9.64. The monoisotopic (exact) mass is 212 g/mol. The summed E-state index contributed by atoms with van der Waals surface area (Å²) in [5, 5.41) is 0. The van der Waals surface area contributed by atoms with Crippen molar-refractivity contribution in [2.75, 3.05) is 18.0 Å². The lowest BCUT2D eigenvalue weighted by Crippen LogP contribution is -2.29. The van der Waals surface area contributed by atoms with Crippen LogP contribution in [0, 0.1) is 0 Å². The zero-order valence-corrected chi connectivity index (χ0v) is 9.39. The van der Waals surface area contributed by atoms with E-state index < -0.39 is 0 Å². The smallest absolute Gasteiger partial charge is 0.129 e. The highest BCUT2D eigenvalue weighted by Gasteiger charge is 2.15. The Morgan fingerprint density at radius 1 is 0.938 bits per heavy atom. The number of rotatable bonds is 1. The van der Waals surface area contributed by atoms with Crippen LogP contribution in [-0.2, 0) is 0 Å². The highest BCUT2D eigenvalue weighted by molar-refractivity contribution is 5.68. The molecule has 2 aliphatic heterocycles. The summed E-state index contributed by atoms with van der Waals surface area (Å²) < 4.78 is 0. The highest BCUT2D eigenvalue weighted by atomic mass is 15.2. The van der Waals surface area contributed by atoms with Crippen molar-refractivity contribution in [2.24, 2.45) is 0 Å². The molecule has 0 unspecified atom stereocenters. The maximum atomic E-state index is 4.70. The minimum atomic E-state index is 1.10. The molecule has 1 fully saturated rings. The lowest BCUT2D eigenvalue weighted by atomic mass is 10.1. The van der Waals surface area contributed by atoms with Gasteiger partial charge < -0.3 is 4.90 Å². The van der Waals surface area contributed by atoms with Crippen LogP contribution in [0.3, 0.4) is 0 Å². The molecule has 82 valence electrons. The molecule has 0 aromatic rings. The van der Waals surface area contributed by atoms with Gasteiger partial charge in [-0.2, -0.15) is 0 Å². The summed E-state index contributed by atoms with van der Waals surface area (Å²) in [6.07, 6.45) is 3.97. The molecule has 3 aliphatic rings. The van der Waals surface area contributed by atoms with Crippen LogP contribution < -0.4 is 4.90 Å². The van der Waals surface area contributed by atoms with Gasteiger partial charge in [0, 0.05) is 18.7 Å². The molecule has 1 saturated heterocycles. The Kier molecular flexibility index (Phi) is 2.49. The number of fused-ring (bicyclic) bond motifs is 1. The van der Waals surface area contributed by atoms with E-state index in [1.807, 2.05) is 6.07 Å². The molecular formula is C14H16N2. The van der Waals surface area contributed by atoms with E-state index in [9.17, 15) is 0 Å². The molecule has 0 atom stereocenters. The molecule has 2 heteroatoms. The minimum absolute atomic E-state index is 1.10. The lowest BCUT2D eigenvalue weighted by molar-refractivity contribution is 0.574. The standard InChI is InChI=1S/C14H16N2/c1-3-7-12-11-14(15-13(12)8-4-1)16-9-5-2-6-10-16/h1,3-4,7-8,11H,2,5-6,9-10H2. The minimum Gasteiger partial charge on any atom is -0.357 e. The third-order valence-electron chi connectivity index (χ3n) is 3.25. The number of hydrogen-bond donors (Lipinski definition) is 0. The van der Waals surface area contributed by atoms with E-state index in [0.29, 0.717) is 0 Å². The van der Waals surface area contributed by atoms with Crippen LogP contribution >= 0.6 is 0 Å². The van der Waals surface area contributed by atoms with Gasteiger partial charge in [0.2, 0.25) is 0 Å². The Hall–Kier alpha value is -1.57. The normalized spacial score (nSPS) is 16.6. The Morgan fingerprint density at radius 2 is 1.75 bits per heavy atom. The van der Waals surface area contributed by atoms with Crippen molar-refractivity contribution < 1.29 is 0 Å². The molecule has 2 heterocycles. The second-order valence-corrected chi connectivity index (χ2v) is 4.41. The second kappa shape index (κ2) is 4.12. The quantitative estimate of drug-likeness (QED) is 0.721. The van der Waals surface area contributed by atoms with Crippen molar-refractivity contribution in [1.29, 1.82) is 0 Å². The van der Waals surface area contributed by atoms with Crippen molar-refractivity contribution in [3.8, 4) is 11.3 Å². The molecule has 0 aromatic carbocycles. The Bertz CT molecular complexity index is 416. The van der Waals surface area contributed by atoms with Gasteiger partial charge in [0.05, 0.1) is 5.69 Å². The van der Waals surface area contributed by atoms with Gasteiger partial charge in [-0.15, -0.1) is 0 Å². The Labute approximate surface area is 96.3 Å². The van der Waals surface area contributed by atoms with E-state index in [-0.39, 0.29) is 0 Å². The number of anilines is 1. The topological polar surface area (TPSA) is 16.1 Å². The largest absolute Gasteiger partial charge is 0.357 e. The third kappa shape index (κ3) is 1.75. The SMILES string of the molecule is c1ccc2cc(N3CCCCC3)nc-2cc1. The van der Waals surface area contributed by atoms with Crippen LogP contribution in [0.5, 0.6) is 0 Å². The molecule has 2 nitrogen and oxygen atoms in total. The van der Waals surface area contributed by atoms with Crippen LogP contribution in [0.25, 0.3) is 11.3 Å². The van der Waals surface area contributed by atoms with E-state index in [1.165, 1.54) is 24.8 Å².